The fraction of sp³-hybridized carbons (Fsp3) is 0.280. The number of anilines is 1. The summed E-state index contributed by atoms with van der Waals surface area (Å²) in [6.07, 6.45) is 3.03. The first-order chi connectivity index (χ1) is 14.6. The van der Waals surface area contributed by atoms with Crippen molar-refractivity contribution in [2.75, 3.05) is 11.9 Å². The molecule has 0 saturated carbocycles. The molecule has 1 N–H and O–H groups in total. The van der Waals surface area contributed by atoms with Crippen molar-refractivity contribution in [3.63, 3.8) is 0 Å². The number of rotatable bonds is 6. The minimum absolute atomic E-state index is 0.0508. The van der Waals surface area contributed by atoms with E-state index in [1.165, 1.54) is 18.9 Å². The Kier molecular flexibility index (Phi) is 6.46. The molecule has 1 aliphatic heterocycles. The van der Waals surface area contributed by atoms with Gasteiger partial charge in [-0.1, -0.05) is 48.0 Å². The van der Waals surface area contributed by atoms with Crippen LogP contribution in [0.3, 0.4) is 0 Å². The molecule has 0 spiro atoms. The van der Waals surface area contributed by atoms with Crippen molar-refractivity contribution < 1.29 is 4.79 Å². The Bertz CT molecular complexity index is 1020. The lowest BCUT2D eigenvalue weighted by Crippen LogP contribution is -2.23. The zero-order chi connectivity index (χ0) is 20.9. The Hall–Kier alpha value is -2.69. The summed E-state index contributed by atoms with van der Waals surface area (Å²) in [5, 5.41) is 3.61. The van der Waals surface area contributed by atoms with Crippen LogP contribution in [0.15, 0.2) is 66.7 Å². The second kappa shape index (κ2) is 9.41. The molecule has 2 aromatic carbocycles. The Balaban J connectivity index is 1.47. The molecule has 30 heavy (non-hydrogen) atoms. The van der Waals surface area contributed by atoms with Crippen LogP contribution in [0.2, 0.25) is 5.02 Å². The molecule has 1 aliphatic rings. The average molecular weight is 420 g/mol. The third-order valence-electron chi connectivity index (χ3n) is 5.52. The fourth-order valence-corrected chi connectivity index (χ4v) is 4.30. The van der Waals surface area contributed by atoms with E-state index in [9.17, 15) is 4.79 Å². The molecule has 4 rings (SSSR count). The number of aromatic nitrogens is 1. The maximum atomic E-state index is 11.2. The SMILES string of the molecule is CC(=O)Nc1ccc(CN2CCC[C@@H]2c2cccc(Cc3ccccc3Cl)n2)cc1. The predicted molar refractivity (Wildman–Crippen MR) is 122 cm³/mol. The van der Waals surface area contributed by atoms with Crippen LogP contribution >= 0.6 is 11.6 Å². The summed E-state index contributed by atoms with van der Waals surface area (Å²) in [5.41, 5.74) is 5.35. The summed E-state index contributed by atoms with van der Waals surface area (Å²) in [7, 11) is 0. The maximum absolute atomic E-state index is 11.2. The molecule has 3 aromatic rings. The number of hydrogen-bond acceptors (Lipinski definition) is 3. The van der Waals surface area contributed by atoms with Crippen LogP contribution in [0.1, 0.15) is 48.3 Å². The maximum Gasteiger partial charge on any atom is 0.221 e. The van der Waals surface area contributed by atoms with Gasteiger partial charge < -0.3 is 5.32 Å². The molecule has 0 unspecified atom stereocenters. The molecular weight excluding hydrogens is 394 g/mol. The van der Waals surface area contributed by atoms with Gasteiger partial charge >= 0.3 is 0 Å². The van der Waals surface area contributed by atoms with E-state index in [0.717, 1.165) is 53.6 Å². The molecule has 1 fully saturated rings. The lowest BCUT2D eigenvalue weighted by Gasteiger charge is -2.24. The molecule has 1 aromatic heterocycles. The van der Waals surface area contributed by atoms with E-state index in [4.69, 9.17) is 16.6 Å². The van der Waals surface area contributed by atoms with E-state index in [1.54, 1.807) is 0 Å². The van der Waals surface area contributed by atoms with E-state index in [2.05, 4.69) is 46.6 Å². The molecule has 154 valence electrons. The van der Waals surface area contributed by atoms with Crippen molar-refractivity contribution in [2.24, 2.45) is 0 Å². The first-order valence-corrected chi connectivity index (χ1v) is 10.8. The standard InChI is InChI=1S/C25H26ClN3O/c1-18(30)27-21-13-11-19(12-14-21)17-29-15-5-10-25(29)24-9-4-7-22(28-24)16-20-6-2-3-8-23(20)26/h2-4,6-9,11-14,25H,5,10,15-17H2,1H3,(H,27,30)/t25-/m1/s1. The van der Waals surface area contributed by atoms with Gasteiger partial charge in [0.2, 0.25) is 5.91 Å². The molecule has 2 heterocycles. The monoisotopic (exact) mass is 419 g/mol. The summed E-state index contributed by atoms with van der Waals surface area (Å²) in [6.45, 7) is 3.46. The van der Waals surface area contributed by atoms with E-state index in [0.29, 0.717) is 6.04 Å². The molecule has 4 nitrogen and oxygen atoms in total. The number of likely N-dealkylation sites (tertiary alicyclic amines) is 1. The lowest BCUT2D eigenvalue weighted by molar-refractivity contribution is -0.114. The van der Waals surface area contributed by atoms with Gasteiger partial charge in [0.1, 0.15) is 0 Å². The van der Waals surface area contributed by atoms with Crippen molar-refractivity contribution in [3.8, 4) is 0 Å². The highest BCUT2D eigenvalue weighted by atomic mass is 35.5. The van der Waals surface area contributed by atoms with E-state index in [1.807, 2.05) is 30.3 Å². The van der Waals surface area contributed by atoms with Crippen LogP contribution in [0.25, 0.3) is 0 Å². The van der Waals surface area contributed by atoms with Gasteiger partial charge in [0.05, 0.1) is 11.7 Å². The largest absolute Gasteiger partial charge is 0.326 e. The molecule has 1 saturated heterocycles. The van der Waals surface area contributed by atoms with Crippen molar-refractivity contribution in [2.45, 2.75) is 38.8 Å². The highest BCUT2D eigenvalue weighted by Crippen LogP contribution is 2.32. The Labute approximate surface area is 182 Å². The second-order valence-electron chi connectivity index (χ2n) is 7.83. The first-order valence-electron chi connectivity index (χ1n) is 10.4. The van der Waals surface area contributed by atoms with Crippen molar-refractivity contribution in [1.29, 1.82) is 0 Å². The average Bonchev–Trinajstić information content (AvgIpc) is 3.19. The van der Waals surface area contributed by atoms with Crippen LogP contribution in [-0.4, -0.2) is 22.3 Å². The second-order valence-corrected chi connectivity index (χ2v) is 8.24. The molecule has 0 radical (unpaired) electrons. The highest BCUT2D eigenvalue weighted by Gasteiger charge is 2.27. The fourth-order valence-electron chi connectivity index (χ4n) is 4.10. The molecule has 1 amide bonds. The third-order valence-corrected chi connectivity index (χ3v) is 5.89. The summed E-state index contributed by atoms with van der Waals surface area (Å²) in [4.78, 5) is 18.7. The number of hydrogen-bond donors (Lipinski definition) is 1. The van der Waals surface area contributed by atoms with Crippen LogP contribution in [0.4, 0.5) is 5.69 Å². The van der Waals surface area contributed by atoms with E-state index < -0.39 is 0 Å². The number of benzene rings is 2. The zero-order valence-electron chi connectivity index (χ0n) is 17.1. The molecule has 0 bridgehead atoms. The minimum atomic E-state index is -0.0508. The van der Waals surface area contributed by atoms with Crippen molar-refractivity contribution in [3.05, 3.63) is 94.3 Å². The lowest BCUT2D eigenvalue weighted by atomic mass is 10.1. The van der Waals surface area contributed by atoms with Gasteiger partial charge in [-0.25, -0.2) is 0 Å². The Morgan fingerprint density at radius 1 is 1.10 bits per heavy atom. The number of halogens is 1. The van der Waals surface area contributed by atoms with Gasteiger partial charge in [-0.15, -0.1) is 0 Å². The van der Waals surface area contributed by atoms with E-state index in [-0.39, 0.29) is 5.91 Å². The topological polar surface area (TPSA) is 45.2 Å². The van der Waals surface area contributed by atoms with E-state index >= 15 is 0 Å². The molecule has 0 aliphatic carbocycles. The van der Waals surface area contributed by atoms with Gasteiger partial charge in [-0.2, -0.15) is 0 Å². The van der Waals surface area contributed by atoms with Crippen LogP contribution in [0.5, 0.6) is 0 Å². The number of carbonyl (C=O) groups excluding carboxylic acids is 1. The Morgan fingerprint density at radius 3 is 2.67 bits per heavy atom. The number of nitrogens with one attached hydrogen (secondary N) is 1. The smallest absolute Gasteiger partial charge is 0.221 e. The Morgan fingerprint density at radius 2 is 1.90 bits per heavy atom. The van der Waals surface area contributed by atoms with Gasteiger partial charge in [0.25, 0.3) is 0 Å². The minimum Gasteiger partial charge on any atom is -0.326 e. The van der Waals surface area contributed by atoms with Crippen molar-refractivity contribution in [1.82, 2.24) is 9.88 Å². The zero-order valence-corrected chi connectivity index (χ0v) is 17.9. The first kappa shape index (κ1) is 20.6. The summed E-state index contributed by atoms with van der Waals surface area (Å²) in [5.74, 6) is -0.0508. The van der Waals surface area contributed by atoms with Gasteiger partial charge in [0.15, 0.2) is 0 Å². The third kappa shape index (κ3) is 5.07. The van der Waals surface area contributed by atoms with Crippen LogP contribution in [0, 0.1) is 0 Å². The van der Waals surface area contributed by atoms with Crippen LogP contribution < -0.4 is 5.32 Å². The number of pyridine rings is 1. The summed E-state index contributed by atoms with van der Waals surface area (Å²) < 4.78 is 0. The van der Waals surface area contributed by atoms with Crippen molar-refractivity contribution >= 4 is 23.2 Å². The molecule has 5 heteroatoms. The summed E-state index contributed by atoms with van der Waals surface area (Å²) in [6, 6.07) is 22.7. The van der Waals surface area contributed by atoms with Gasteiger partial charge in [-0.3, -0.25) is 14.7 Å². The quantitative estimate of drug-likeness (QED) is 0.563. The normalized spacial score (nSPS) is 16.5. The van der Waals surface area contributed by atoms with Gasteiger partial charge in [-0.05, 0) is 60.8 Å². The predicted octanol–water partition coefficient (Wildman–Crippen LogP) is 5.62. The van der Waals surface area contributed by atoms with Gasteiger partial charge in [0, 0.05) is 36.3 Å². The number of amides is 1. The highest BCUT2D eigenvalue weighted by molar-refractivity contribution is 6.31. The number of nitrogens with zero attached hydrogens (tertiary/aromatic N) is 2. The van der Waals surface area contributed by atoms with Crippen LogP contribution in [-0.2, 0) is 17.8 Å². The molecule has 1 atom stereocenters. The number of carbonyl (C=O) groups is 1. The summed E-state index contributed by atoms with van der Waals surface area (Å²) >= 11 is 6.33. The molecular formula is C25H26ClN3O.